The molecule has 0 aliphatic heterocycles. The maximum absolute atomic E-state index is 11.7. The number of carbonyl (C=O) groups excluding carboxylic acids is 1. The molecule has 2 rings (SSSR count). The van der Waals surface area contributed by atoms with Crippen LogP contribution >= 0.6 is 11.3 Å². The Morgan fingerprint density at radius 3 is 2.67 bits per heavy atom. The Kier molecular flexibility index (Phi) is 3.78. The van der Waals surface area contributed by atoms with Crippen molar-refractivity contribution < 1.29 is 4.79 Å². The lowest BCUT2D eigenvalue weighted by atomic mass is 10.3. The van der Waals surface area contributed by atoms with Gasteiger partial charge in [-0.1, -0.05) is 29.5 Å². The fraction of sp³-hybridized carbons (Fsp3) is 0.167. The number of nitrogens with zero attached hydrogens (tertiary/aromatic N) is 1. The molecule has 94 valence electrons. The van der Waals surface area contributed by atoms with Crippen LogP contribution in [0.2, 0.25) is 0 Å². The second-order valence-corrected chi connectivity index (χ2v) is 4.59. The second-order valence-electron chi connectivity index (χ2n) is 3.77. The summed E-state index contributed by atoms with van der Waals surface area (Å²) >= 11 is 1.09. The Labute approximate surface area is 108 Å². The highest BCUT2D eigenvalue weighted by atomic mass is 32.1. The Bertz CT molecular complexity index is 589. The number of benzene rings is 1. The van der Waals surface area contributed by atoms with Crippen LogP contribution in [0.1, 0.15) is 5.69 Å². The highest BCUT2D eigenvalue weighted by Gasteiger charge is 2.07. The minimum atomic E-state index is -0.262. The number of aryl methyl sites for hydroxylation is 1. The zero-order valence-corrected chi connectivity index (χ0v) is 10.7. The quantitative estimate of drug-likeness (QED) is 0.819. The minimum absolute atomic E-state index is 0.0218. The molecule has 0 aliphatic carbocycles. The SMILES string of the molecule is Cc1csc(=O)n1CC(=O)NNc1ccccc1. The van der Waals surface area contributed by atoms with Gasteiger partial charge in [0.25, 0.3) is 5.91 Å². The van der Waals surface area contributed by atoms with Gasteiger partial charge in [-0.3, -0.25) is 25.0 Å². The number of amides is 1. The largest absolute Gasteiger partial charge is 0.307 e. The molecule has 2 aromatic rings. The summed E-state index contributed by atoms with van der Waals surface area (Å²) in [5.74, 6) is -0.262. The molecule has 0 radical (unpaired) electrons. The number of nitrogens with one attached hydrogen (secondary N) is 2. The molecule has 2 N–H and O–H groups in total. The molecular weight excluding hydrogens is 250 g/mol. The van der Waals surface area contributed by atoms with Crippen molar-refractivity contribution in [3.63, 3.8) is 0 Å². The average Bonchev–Trinajstić information content (AvgIpc) is 2.69. The predicted octanol–water partition coefficient (Wildman–Crippen LogP) is 1.36. The third kappa shape index (κ3) is 2.98. The molecule has 0 atom stereocenters. The minimum Gasteiger partial charge on any atom is -0.299 e. The first-order chi connectivity index (χ1) is 8.66. The summed E-state index contributed by atoms with van der Waals surface area (Å²) in [4.78, 5) is 23.0. The van der Waals surface area contributed by atoms with Gasteiger partial charge in [-0.15, -0.1) is 0 Å². The molecule has 0 bridgehead atoms. The van der Waals surface area contributed by atoms with Crippen molar-refractivity contribution in [3.05, 3.63) is 51.1 Å². The van der Waals surface area contributed by atoms with E-state index in [0.29, 0.717) is 0 Å². The van der Waals surface area contributed by atoms with E-state index in [9.17, 15) is 9.59 Å². The van der Waals surface area contributed by atoms with Crippen molar-refractivity contribution >= 4 is 22.9 Å². The molecule has 0 saturated carbocycles. The monoisotopic (exact) mass is 263 g/mol. The first kappa shape index (κ1) is 12.4. The number of hydrogen-bond donors (Lipinski definition) is 2. The number of aromatic nitrogens is 1. The normalized spacial score (nSPS) is 10.1. The van der Waals surface area contributed by atoms with Crippen LogP contribution in [-0.2, 0) is 11.3 Å². The fourth-order valence-corrected chi connectivity index (χ4v) is 2.18. The van der Waals surface area contributed by atoms with Crippen LogP contribution in [0.5, 0.6) is 0 Å². The zero-order chi connectivity index (χ0) is 13.0. The zero-order valence-electron chi connectivity index (χ0n) is 9.84. The van der Waals surface area contributed by atoms with E-state index in [-0.39, 0.29) is 17.3 Å². The van der Waals surface area contributed by atoms with Crippen molar-refractivity contribution in [3.8, 4) is 0 Å². The molecule has 0 saturated heterocycles. The molecule has 18 heavy (non-hydrogen) atoms. The van der Waals surface area contributed by atoms with Gasteiger partial charge in [-0.25, -0.2) is 0 Å². The van der Waals surface area contributed by atoms with Gasteiger partial charge in [0.2, 0.25) is 0 Å². The number of anilines is 1. The Morgan fingerprint density at radius 2 is 2.06 bits per heavy atom. The summed E-state index contributed by atoms with van der Waals surface area (Å²) in [5, 5.41) is 1.74. The van der Waals surface area contributed by atoms with E-state index in [1.165, 1.54) is 4.57 Å². The molecule has 1 heterocycles. The Balaban J connectivity index is 1.92. The number of thiazole rings is 1. The fourth-order valence-electron chi connectivity index (χ4n) is 1.44. The van der Waals surface area contributed by atoms with Gasteiger partial charge in [0, 0.05) is 11.1 Å². The third-order valence-corrected chi connectivity index (χ3v) is 3.28. The van der Waals surface area contributed by atoms with E-state index in [1.54, 1.807) is 12.3 Å². The van der Waals surface area contributed by atoms with Crippen LogP contribution in [0.3, 0.4) is 0 Å². The summed E-state index contributed by atoms with van der Waals surface area (Å²) in [5.41, 5.74) is 6.92. The number of carbonyl (C=O) groups is 1. The van der Waals surface area contributed by atoms with Gasteiger partial charge < -0.3 is 0 Å². The van der Waals surface area contributed by atoms with E-state index in [4.69, 9.17) is 0 Å². The molecular formula is C12H13N3O2S. The third-order valence-electron chi connectivity index (χ3n) is 2.40. The van der Waals surface area contributed by atoms with E-state index < -0.39 is 0 Å². The van der Waals surface area contributed by atoms with Crippen molar-refractivity contribution in [2.24, 2.45) is 0 Å². The van der Waals surface area contributed by atoms with Crippen LogP contribution in [0.4, 0.5) is 5.69 Å². The van der Waals surface area contributed by atoms with E-state index in [0.717, 1.165) is 22.7 Å². The molecule has 1 amide bonds. The summed E-state index contributed by atoms with van der Waals surface area (Å²) in [6.45, 7) is 1.82. The first-order valence-electron chi connectivity index (χ1n) is 5.41. The summed E-state index contributed by atoms with van der Waals surface area (Å²) in [7, 11) is 0. The van der Waals surface area contributed by atoms with E-state index in [1.807, 2.05) is 30.3 Å². The lowest BCUT2D eigenvalue weighted by Crippen LogP contribution is -2.34. The molecule has 1 aromatic heterocycles. The summed E-state index contributed by atoms with van der Waals surface area (Å²) in [6.07, 6.45) is 0. The van der Waals surface area contributed by atoms with Crippen molar-refractivity contribution in [2.75, 3.05) is 5.43 Å². The highest BCUT2D eigenvalue weighted by Crippen LogP contribution is 2.03. The Morgan fingerprint density at radius 1 is 1.33 bits per heavy atom. The van der Waals surface area contributed by atoms with Crippen LogP contribution in [0, 0.1) is 6.92 Å². The van der Waals surface area contributed by atoms with Gasteiger partial charge >= 0.3 is 4.87 Å². The molecule has 0 spiro atoms. The maximum atomic E-state index is 11.7. The molecule has 5 nitrogen and oxygen atoms in total. The van der Waals surface area contributed by atoms with Gasteiger partial charge in [0.15, 0.2) is 0 Å². The van der Waals surface area contributed by atoms with Gasteiger partial charge in [0.05, 0.1) is 5.69 Å². The molecule has 0 fully saturated rings. The smallest absolute Gasteiger partial charge is 0.299 e. The molecule has 1 aromatic carbocycles. The summed E-state index contributed by atoms with van der Waals surface area (Å²) < 4.78 is 1.44. The number of rotatable bonds is 4. The van der Waals surface area contributed by atoms with Crippen LogP contribution in [-0.4, -0.2) is 10.5 Å². The maximum Gasteiger partial charge on any atom is 0.307 e. The van der Waals surface area contributed by atoms with Crippen LogP contribution in [0.15, 0.2) is 40.5 Å². The highest BCUT2D eigenvalue weighted by molar-refractivity contribution is 7.07. The van der Waals surface area contributed by atoms with Gasteiger partial charge in [0.1, 0.15) is 6.54 Å². The van der Waals surface area contributed by atoms with Crippen LogP contribution < -0.4 is 15.7 Å². The standard InChI is InChI=1S/C12H13N3O2S/c1-9-8-18-12(17)15(9)7-11(16)14-13-10-5-3-2-4-6-10/h2-6,8,13H,7H2,1H3,(H,14,16). The molecule has 6 heteroatoms. The van der Waals surface area contributed by atoms with Gasteiger partial charge in [-0.2, -0.15) is 0 Å². The van der Waals surface area contributed by atoms with Gasteiger partial charge in [-0.05, 0) is 19.1 Å². The molecule has 0 unspecified atom stereocenters. The van der Waals surface area contributed by atoms with Crippen molar-refractivity contribution in [1.29, 1.82) is 0 Å². The van der Waals surface area contributed by atoms with E-state index in [2.05, 4.69) is 10.9 Å². The first-order valence-corrected chi connectivity index (χ1v) is 6.29. The number of hydrazine groups is 1. The summed E-state index contributed by atoms with van der Waals surface area (Å²) in [6, 6.07) is 9.29. The average molecular weight is 263 g/mol. The van der Waals surface area contributed by atoms with Crippen molar-refractivity contribution in [1.82, 2.24) is 9.99 Å². The topological polar surface area (TPSA) is 63.1 Å². The lowest BCUT2D eigenvalue weighted by Gasteiger charge is -2.09. The second kappa shape index (κ2) is 5.50. The lowest BCUT2D eigenvalue weighted by molar-refractivity contribution is -0.121. The van der Waals surface area contributed by atoms with Crippen LogP contribution in [0.25, 0.3) is 0 Å². The number of hydrogen-bond acceptors (Lipinski definition) is 4. The van der Waals surface area contributed by atoms with Crippen molar-refractivity contribution in [2.45, 2.75) is 13.5 Å². The Hall–Kier alpha value is -2.08. The number of para-hydroxylation sites is 1. The van der Waals surface area contributed by atoms with E-state index >= 15 is 0 Å². The predicted molar refractivity (Wildman–Crippen MR) is 71.5 cm³/mol. The molecule has 0 aliphatic rings.